The molecule has 1 saturated heterocycles. The maximum atomic E-state index is 11.8. The zero-order valence-corrected chi connectivity index (χ0v) is 12.8. The number of benzene rings is 1. The van der Waals surface area contributed by atoms with Crippen LogP contribution in [0.1, 0.15) is 12.0 Å². The number of ether oxygens (including phenoxy) is 2. The summed E-state index contributed by atoms with van der Waals surface area (Å²) in [5.41, 5.74) is 0.887. The molecule has 2 amide bonds. The van der Waals surface area contributed by atoms with E-state index in [-0.39, 0.29) is 23.6 Å². The van der Waals surface area contributed by atoms with Gasteiger partial charge in [-0.2, -0.15) is 0 Å². The van der Waals surface area contributed by atoms with E-state index in [1.165, 1.54) is 0 Å². The van der Waals surface area contributed by atoms with Gasteiger partial charge in [-0.25, -0.2) is 13.2 Å². The monoisotopic (exact) mass is 326 g/mol. The van der Waals surface area contributed by atoms with Crippen LogP contribution >= 0.6 is 0 Å². The zero-order chi connectivity index (χ0) is 15.6. The van der Waals surface area contributed by atoms with Crippen molar-refractivity contribution < 1.29 is 22.7 Å². The first-order valence-corrected chi connectivity index (χ1v) is 8.97. The van der Waals surface area contributed by atoms with Gasteiger partial charge in [0.1, 0.15) is 13.2 Å². The van der Waals surface area contributed by atoms with Crippen molar-refractivity contribution in [1.29, 1.82) is 0 Å². The Bertz CT molecular complexity index is 674. The zero-order valence-electron chi connectivity index (χ0n) is 12.0. The van der Waals surface area contributed by atoms with Gasteiger partial charge < -0.3 is 20.1 Å². The van der Waals surface area contributed by atoms with Crippen molar-refractivity contribution in [1.82, 2.24) is 10.6 Å². The summed E-state index contributed by atoms with van der Waals surface area (Å²) in [7, 11) is -2.99. The van der Waals surface area contributed by atoms with Crippen LogP contribution in [-0.2, 0) is 16.4 Å². The second kappa shape index (κ2) is 6.04. The van der Waals surface area contributed by atoms with Crippen LogP contribution in [0.5, 0.6) is 11.5 Å². The Balaban J connectivity index is 1.51. The number of hydrogen-bond acceptors (Lipinski definition) is 5. The Hall–Kier alpha value is -1.96. The van der Waals surface area contributed by atoms with Crippen molar-refractivity contribution in [2.24, 2.45) is 0 Å². The van der Waals surface area contributed by atoms with E-state index < -0.39 is 9.84 Å². The maximum absolute atomic E-state index is 11.8. The first-order valence-electron chi connectivity index (χ1n) is 7.15. The van der Waals surface area contributed by atoms with Crippen molar-refractivity contribution in [2.45, 2.75) is 19.0 Å². The van der Waals surface area contributed by atoms with Crippen molar-refractivity contribution in [3.8, 4) is 11.5 Å². The molecule has 2 heterocycles. The molecule has 22 heavy (non-hydrogen) atoms. The topological polar surface area (TPSA) is 93.7 Å². The van der Waals surface area contributed by atoms with Gasteiger partial charge in [0, 0.05) is 12.6 Å². The number of carbonyl (C=O) groups excluding carboxylic acids is 1. The van der Waals surface area contributed by atoms with E-state index in [1.807, 2.05) is 18.2 Å². The Morgan fingerprint density at radius 3 is 2.73 bits per heavy atom. The average Bonchev–Trinajstić information content (AvgIpc) is 2.84. The molecule has 3 rings (SSSR count). The van der Waals surface area contributed by atoms with Crippen LogP contribution in [-0.4, -0.2) is 45.2 Å². The number of urea groups is 1. The Morgan fingerprint density at radius 1 is 1.23 bits per heavy atom. The second-order valence-electron chi connectivity index (χ2n) is 5.40. The van der Waals surface area contributed by atoms with E-state index in [0.717, 1.165) is 5.56 Å². The average molecular weight is 326 g/mol. The number of amides is 2. The molecule has 0 bridgehead atoms. The summed E-state index contributed by atoms with van der Waals surface area (Å²) in [6.07, 6.45) is 0.472. The minimum absolute atomic E-state index is 0.0183. The Labute approximate surface area is 128 Å². The SMILES string of the molecule is O=C(NCc1ccc2c(c1)OCCO2)N[C@H]1CCS(=O)(=O)C1. The number of carbonyl (C=O) groups is 1. The minimum Gasteiger partial charge on any atom is -0.486 e. The maximum Gasteiger partial charge on any atom is 0.315 e. The van der Waals surface area contributed by atoms with Gasteiger partial charge in [0.15, 0.2) is 21.3 Å². The summed E-state index contributed by atoms with van der Waals surface area (Å²) in [6.45, 7) is 1.39. The third-order valence-electron chi connectivity index (χ3n) is 3.63. The Morgan fingerprint density at radius 2 is 2.00 bits per heavy atom. The predicted molar refractivity (Wildman–Crippen MR) is 79.9 cm³/mol. The van der Waals surface area contributed by atoms with E-state index in [1.54, 1.807) is 0 Å². The van der Waals surface area contributed by atoms with E-state index in [4.69, 9.17) is 9.47 Å². The standard InChI is InChI=1S/C14H18N2O5S/c17-14(16-11-3-6-22(18,19)9-11)15-8-10-1-2-12-13(7-10)21-5-4-20-12/h1-2,7,11H,3-6,8-9H2,(H2,15,16,17)/t11-/m0/s1. The third kappa shape index (κ3) is 3.62. The summed E-state index contributed by atoms with van der Waals surface area (Å²) in [6, 6.07) is 4.83. The molecule has 1 fully saturated rings. The van der Waals surface area contributed by atoms with E-state index in [9.17, 15) is 13.2 Å². The van der Waals surface area contributed by atoms with E-state index >= 15 is 0 Å². The van der Waals surface area contributed by atoms with E-state index in [2.05, 4.69) is 10.6 Å². The number of rotatable bonds is 3. The molecule has 2 aliphatic rings. The fraction of sp³-hybridized carbons (Fsp3) is 0.500. The molecule has 0 unspecified atom stereocenters. The molecule has 0 spiro atoms. The highest BCUT2D eigenvalue weighted by Crippen LogP contribution is 2.30. The Kier molecular flexibility index (Phi) is 4.10. The summed E-state index contributed by atoms with van der Waals surface area (Å²) in [5, 5.41) is 5.40. The van der Waals surface area contributed by atoms with E-state index in [0.29, 0.717) is 37.7 Å². The third-order valence-corrected chi connectivity index (χ3v) is 5.40. The molecule has 0 aromatic heterocycles. The molecule has 0 saturated carbocycles. The van der Waals surface area contributed by atoms with Gasteiger partial charge in [-0.15, -0.1) is 0 Å². The second-order valence-corrected chi connectivity index (χ2v) is 7.63. The van der Waals surface area contributed by atoms with Crippen LogP contribution in [0.4, 0.5) is 4.79 Å². The number of nitrogens with one attached hydrogen (secondary N) is 2. The molecule has 1 atom stereocenters. The molecule has 120 valence electrons. The molecule has 0 aliphatic carbocycles. The molecular formula is C14H18N2O5S. The minimum atomic E-state index is -2.99. The molecule has 0 radical (unpaired) electrons. The number of hydrogen-bond donors (Lipinski definition) is 2. The van der Waals surface area contributed by atoms with Crippen LogP contribution in [0, 0.1) is 0 Å². The number of fused-ring (bicyclic) bond motifs is 1. The van der Waals surface area contributed by atoms with Gasteiger partial charge in [0.05, 0.1) is 11.5 Å². The normalized spacial score (nSPS) is 22.1. The fourth-order valence-corrected chi connectivity index (χ4v) is 4.20. The quantitative estimate of drug-likeness (QED) is 0.841. The summed E-state index contributed by atoms with van der Waals surface area (Å²) in [4.78, 5) is 11.8. The van der Waals surface area contributed by atoms with Gasteiger partial charge in [-0.1, -0.05) is 6.07 Å². The van der Waals surface area contributed by atoms with Crippen LogP contribution in [0.25, 0.3) is 0 Å². The molecule has 8 heteroatoms. The molecule has 7 nitrogen and oxygen atoms in total. The number of sulfone groups is 1. The highest BCUT2D eigenvalue weighted by atomic mass is 32.2. The van der Waals surface area contributed by atoms with Crippen molar-refractivity contribution >= 4 is 15.9 Å². The van der Waals surface area contributed by atoms with Gasteiger partial charge in [-0.3, -0.25) is 0 Å². The lowest BCUT2D eigenvalue weighted by Crippen LogP contribution is -2.42. The van der Waals surface area contributed by atoms with Gasteiger partial charge in [0.25, 0.3) is 0 Å². The summed E-state index contributed by atoms with van der Waals surface area (Å²) in [5.74, 6) is 1.54. The van der Waals surface area contributed by atoms with Crippen molar-refractivity contribution in [3.63, 3.8) is 0 Å². The van der Waals surface area contributed by atoms with Crippen LogP contribution < -0.4 is 20.1 Å². The fourth-order valence-electron chi connectivity index (χ4n) is 2.53. The molecule has 1 aromatic carbocycles. The summed E-state index contributed by atoms with van der Waals surface area (Å²) < 4.78 is 33.6. The predicted octanol–water partition coefficient (Wildman–Crippen LogP) is 0.444. The van der Waals surface area contributed by atoms with Gasteiger partial charge >= 0.3 is 6.03 Å². The molecule has 2 N–H and O–H groups in total. The molecular weight excluding hydrogens is 308 g/mol. The van der Waals surface area contributed by atoms with Gasteiger partial charge in [0.2, 0.25) is 0 Å². The first kappa shape index (κ1) is 15.0. The van der Waals surface area contributed by atoms with Crippen LogP contribution in [0.15, 0.2) is 18.2 Å². The van der Waals surface area contributed by atoms with Crippen LogP contribution in [0.3, 0.4) is 0 Å². The van der Waals surface area contributed by atoms with Crippen molar-refractivity contribution in [2.75, 3.05) is 24.7 Å². The lowest BCUT2D eigenvalue weighted by molar-refractivity contribution is 0.171. The highest BCUT2D eigenvalue weighted by Gasteiger charge is 2.28. The highest BCUT2D eigenvalue weighted by molar-refractivity contribution is 7.91. The lowest BCUT2D eigenvalue weighted by atomic mass is 10.2. The first-order chi connectivity index (χ1) is 10.5. The lowest BCUT2D eigenvalue weighted by Gasteiger charge is -2.19. The largest absolute Gasteiger partial charge is 0.486 e. The molecule has 2 aliphatic heterocycles. The van der Waals surface area contributed by atoms with Gasteiger partial charge in [-0.05, 0) is 24.1 Å². The molecule has 1 aromatic rings. The van der Waals surface area contributed by atoms with Crippen LogP contribution in [0.2, 0.25) is 0 Å². The summed E-state index contributed by atoms with van der Waals surface area (Å²) >= 11 is 0. The van der Waals surface area contributed by atoms with Crippen molar-refractivity contribution in [3.05, 3.63) is 23.8 Å². The smallest absolute Gasteiger partial charge is 0.315 e.